The average molecular weight is 287 g/mol. The third-order valence-electron chi connectivity index (χ3n) is 3.00. The van der Waals surface area contributed by atoms with E-state index < -0.39 is 0 Å². The van der Waals surface area contributed by atoms with Crippen LogP contribution in [0.3, 0.4) is 0 Å². The highest BCUT2D eigenvalue weighted by molar-refractivity contribution is 8.15. The zero-order chi connectivity index (χ0) is 11.8. The summed E-state index contributed by atoms with van der Waals surface area (Å²) in [5, 5.41) is 6.12. The Bertz CT molecular complexity index is 472. The van der Waals surface area contributed by atoms with Crippen molar-refractivity contribution in [3.05, 3.63) is 28.2 Å². The predicted molar refractivity (Wildman–Crippen MR) is 76.5 cm³/mol. The van der Waals surface area contributed by atoms with E-state index in [-0.39, 0.29) is 0 Å². The summed E-state index contributed by atoms with van der Waals surface area (Å²) in [6.07, 6.45) is 2.74. The fraction of sp³-hybridized carbons (Fsp3) is 0.417. The van der Waals surface area contributed by atoms with Crippen LogP contribution in [-0.4, -0.2) is 17.0 Å². The lowest BCUT2D eigenvalue weighted by Crippen LogP contribution is -2.08. The lowest BCUT2D eigenvalue weighted by molar-refractivity contribution is 0.773. The van der Waals surface area contributed by atoms with Crippen LogP contribution in [0.15, 0.2) is 23.2 Å². The van der Waals surface area contributed by atoms with Crippen LogP contribution >= 0.6 is 35.0 Å². The molecule has 1 fully saturated rings. The van der Waals surface area contributed by atoms with Gasteiger partial charge in [0, 0.05) is 10.9 Å². The maximum absolute atomic E-state index is 5.97. The smallest absolute Gasteiger partial charge is 0.161 e. The van der Waals surface area contributed by atoms with E-state index in [1.165, 1.54) is 12.8 Å². The van der Waals surface area contributed by atoms with Crippen molar-refractivity contribution in [3.63, 3.8) is 0 Å². The molecule has 1 heterocycles. The van der Waals surface area contributed by atoms with Gasteiger partial charge in [0.15, 0.2) is 5.17 Å². The number of thioether (sulfide) groups is 1. The standard InChI is InChI=1S/C12H12Cl2N2S/c13-9-4-3-8(5-10(9)14)16-12-15-6-11(17-12)7-1-2-7/h3-5,7,11H,1-2,6H2,(H,15,16). The van der Waals surface area contributed by atoms with Crippen LogP contribution in [0.2, 0.25) is 10.0 Å². The van der Waals surface area contributed by atoms with E-state index in [4.69, 9.17) is 23.2 Å². The Hall–Kier alpha value is -0.380. The number of hydrogen-bond acceptors (Lipinski definition) is 3. The van der Waals surface area contributed by atoms with E-state index in [1.807, 2.05) is 23.9 Å². The van der Waals surface area contributed by atoms with Crippen molar-refractivity contribution in [3.8, 4) is 0 Å². The topological polar surface area (TPSA) is 24.4 Å². The molecule has 1 atom stereocenters. The Kier molecular flexibility index (Phi) is 3.24. The van der Waals surface area contributed by atoms with Crippen molar-refractivity contribution in [1.29, 1.82) is 0 Å². The number of nitrogens with zero attached hydrogens (tertiary/aromatic N) is 1. The van der Waals surface area contributed by atoms with E-state index in [1.54, 1.807) is 6.07 Å². The highest BCUT2D eigenvalue weighted by Gasteiger charge is 2.35. The van der Waals surface area contributed by atoms with Crippen molar-refractivity contribution in [2.45, 2.75) is 18.1 Å². The van der Waals surface area contributed by atoms with Gasteiger partial charge in [0.1, 0.15) is 0 Å². The maximum atomic E-state index is 5.97. The minimum atomic E-state index is 0.569. The van der Waals surface area contributed by atoms with Gasteiger partial charge >= 0.3 is 0 Å². The minimum Gasteiger partial charge on any atom is -0.335 e. The highest BCUT2D eigenvalue weighted by Crippen LogP contribution is 2.42. The Morgan fingerprint density at radius 3 is 2.76 bits per heavy atom. The first-order chi connectivity index (χ1) is 8.22. The fourth-order valence-corrected chi connectivity index (χ4v) is 3.39. The third kappa shape index (κ3) is 2.72. The van der Waals surface area contributed by atoms with Crippen LogP contribution in [0.5, 0.6) is 0 Å². The second-order valence-corrected chi connectivity index (χ2v) is 6.44. The van der Waals surface area contributed by atoms with Crippen LogP contribution in [0.4, 0.5) is 5.69 Å². The number of nitrogens with one attached hydrogen (secondary N) is 1. The Balaban J connectivity index is 1.64. The second-order valence-electron chi connectivity index (χ2n) is 4.39. The average Bonchev–Trinajstić information content (AvgIpc) is 3.06. The first-order valence-electron chi connectivity index (χ1n) is 5.65. The molecule has 2 nitrogen and oxygen atoms in total. The molecule has 1 unspecified atom stereocenters. The normalized spacial score (nSPS) is 23.6. The summed E-state index contributed by atoms with van der Waals surface area (Å²) in [6.45, 7) is 0.943. The van der Waals surface area contributed by atoms with Gasteiger partial charge in [0.2, 0.25) is 0 Å². The van der Waals surface area contributed by atoms with E-state index in [2.05, 4.69) is 10.3 Å². The molecule has 0 aromatic heterocycles. The zero-order valence-corrected chi connectivity index (χ0v) is 11.4. The van der Waals surface area contributed by atoms with Crippen molar-refractivity contribution < 1.29 is 0 Å². The molecule has 0 spiro atoms. The van der Waals surface area contributed by atoms with Crippen LogP contribution in [-0.2, 0) is 0 Å². The Morgan fingerprint density at radius 2 is 2.06 bits per heavy atom. The molecule has 0 saturated heterocycles. The van der Waals surface area contributed by atoms with E-state index in [9.17, 15) is 0 Å². The number of anilines is 1. The molecular weight excluding hydrogens is 275 g/mol. The maximum Gasteiger partial charge on any atom is 0.161 e. The summed E-state index contributed by atoms with van der Waals surface area (Å²) in [4.78, 5) is 4.52. The highest BCUT2D eigenvalue weighted by atomic mass is 35.5. The van der Waals surface area contributed by atoms with Crippen LogP contribution in [0.1, 0.15) is 12.8 Å². The molecule has 1 aromatic rings. The first-order valence-corrected chi connectivity index (χ1v) is 7.29. The van der Waals surface area contributed by atoms with Gasteiger partial charge in [-0.2, -0.15) is 0 Å². The molecule has 1 aliphatic carbocycles. The van der Waals surface area contributed by atoms with Gasteiger partial charge in [0.25, 0.3) is 0 Å². The number of halogens is 2. The van der Waals surface area contributed by atoms with Gasteiger partial charge in [-0.05, 0) is 37.0 Å². The van der Waals surface area contributed by atoms with Gasteiger partial charge in [-0.3, -0.25) is 4.99 Å². The second kappa shape index (κ2) is 4.71. The van der Waals surface area contributed by atoms with Crippen LogP contribution in [0.25, 0.3) is 0 Å². The zero-order valence-electron chi connectivity index (χ0n) is 9.12. The minimum absolute atomic E-state index is 0.569. The Morgan fingerprint density at radius 1 is 1.24 bits per heavy atom. The molecule has 0 amide bonds. The molecule has 1 aliphatic heterocycles. The summed E-state index contributed by atoms with van der Waals surface area (Å²) in [7, 11) is 0. The fourth-order valence-electron chi connectivity index (χ4n) is 1.87. The largest absolute Gasteiger partial charge is 0.335 e. The molecule has 1 N–H and O–H groups in total. The third-order valence-corrected chi connectivity index (χ3v) is 5.03. The van der Waals surface area contributed by atoms with Gasteiger partial charge in [-0.1, -0.05) is 35.0 Å². The monoisotopic (exact) mass is 286 g/mol. The molecule has 0 radical (unpaired) electrons. The lowest BCUT2D eigenvalue weighted by Gasteiger charge is -2.08. The van der Waals surface area contributed by atoms with E-state index >= 15 is 0 Å². The number of benzene rings is 1. The van der Waals surface area contributed by atoms with Crippen LogP contribution in [0, 0.1) is 5.92 Å². The molecule has 90 valence electrons. The van der Waals surface area contributed by atoms with Gasteiger partial charge in [-0.15, -0.1) is 0 Å². The van der Waals surface area contributed by atoms with Crippen molar-refractivity contribution in [2.75, 3.05) is 11.9 Å². The Labute approximate surface area is 115 Å². The number of rotatable bonds is 2. The van der Waals surface area contributed by atoms with Gasteiger partial charge in [0.05, 0.1) is 16.6 Å². The molecule has 2 aliphatic rings. The van der Waals surface area contributed by atoms with Gasteiger partial charge < -0.3 is 5.32 Å². The summed E-state index contributed by atoms with van der Waals surface area (Å²) < 4.78 is 0. The molecule has 1 aromatic carbocycles. The van der Waals surface area contributed by atoms with E-state index in [0.717, 1.165) is 23.3 Å². The summed E-state index contributed by atoms with van der Waals surface area (Å²) in [6, 6.07) is 5.55. The van der Waals surface area contributed by atoms with Crippen molar-refractivity contribution in [1.82, 2.24) is 0 Å². The molecule has 3 rings (SSSR count). The number of amidine groups is 1. The summed E-state index contributed by atoms with van der Waals surface area (Å²) in [5.41, 5.74) is 0.946. The van der Waals surface area contributed by atoms with Gasteiger partial charge in [-0.25, -0.2) is 0 Å². The molecular formula is C12H12Cl2N2S. The molecule has 0 bridgehead atoms. The first kappa shape index (κ1) is 11.7. The lowest BCUT2D eigenvalue weighted by atomic mass is 10.3. The molecule has 5 heteroatoms. The van der Waals surface area contributed by atoms with Crippen molar-refractivity contribution >= 4 is 45.8 Å². The summed E-state index contributed by atoms with van der Waals surface area (Å²) in [5.74, 6) is 0.886. The van der Waals surface area contributed by atoms with Crippen molar-refractivity contribution in [2.24, 2.45) is 10.9 Å². The molecule has 17 heavy (non-hydrogen) atoms. The predicted octanol–water partition coefficient (Wildman–Crippen LogP) is 4.29. The van der Waals surface area contributed by atoms with Crippen LogP contribution < -0.4 is 5.32 Å². The quantitative estimate of drug-likeness (QED) is 0.877. The summed E-state index contributed by atoms with van der Waals surface area (Å²) >= 11 is 13.7. The number of aliphatic imine (C=N–C) groups is 1. The SMILES string of the molecule is Clc1ccc(NC2=NCC(C3CC3)S2)cc1Cl. The van der Waals surface area contributed by atoms with E-state index in [0.29, 0.717) is 15.3 Å². The number of hydrogen-bond donors (Lipinski definition) is 1. The molecule has 1 saturated carbocycles.